The molecule has 3 fully saturated rings. The summed E-state index contributed by atoms with van der Waals surface area (Å²) < 4.78 is 11.7. The highest BCUT2D eigenvalue weighted by Gasteiger charge is 2.43. The largest absolute Gasteiger partial charge is 0.375 e. The van der Waals surface area contributed by atoms with Crippen LogP contribution in [0.3, 0.4) is 0 Å². The Morgan fingerprint density at radius 2 is 2.07 bits per heavy atom. The molecule has 0 bridgehead atoms. The summed E-state index contributed by atoms with van der Waals surface area (Å²) in [6.07, 6.45) is 11.6. The Kier molecular flexibility index (Phi) is 4.58. The van der Waals surface area contributed by atoms with Crippen LogP contribution in [0.25, 0.3) is 11.5 Å². The lowest BCUT2D eigenvalue weighted by Gasteiger charge is -2.46. The second-order valence-electron chi connectivity index (χ2n) is 8.30. The van der Waals surface area contributed by atoms with Gasteiger partial charge in [0.25, 0.3) is 0 Å². The zero-order chi connectivity index (χ0) is 19.0. The van der Waals surface area contributed by atoms with E-state index in [0.717, 1.165) is 64.6 Å². The van der Waals surface area contributed by atoms with Gasteiger partial charge < -0.3 is 14.2 Å². The third-order valence-electron chi connectivity index (χ3n) is 6.23. The molecule has 0 N–H and O–H groups in total. The maximum atomic E-state index is 12.3. The molecule has 0 aromatic carbocycles. The monoisotopic (exact) mass is 383 g/mol. The number of piperidine rings is 1. The molecule has 1 spiro atoms. The number of amides is 1. The number of nitrogens with zero attached hydrogens (tertiary/aromatic N) is 5. The van der Waals surface area contributed by atoms with Crippen molar-refractivity contribution >= 4 is 5.91 Å². The van der Waals surface area contributed by atoms with Crippen molar-refractivity contribution in [3.63, 3.8) is 0 Å². The minimum absolute atomic E-state index is 0.100. The molecule has 8 nitrogen and oxygen atoms in total. The number of aromatic nitrogens is 4. The molecule has 1 unspecified atom stereocenters. The van der Waals surface area contributed by atoms with Crippen LogP contribution < -0.4 is 0 Å². The molecule has 148 valence electrons. The van der Waals surface area contributed by atoms with Gasteiger partial charge in [-0.15, -0.1) is 0 Å². The second kappa shape index (κ2) is 7.24. The maximum Gasteiger partial charge on any atom is 0.227 e. The van der Waals surface area contributed by atoms with Gasteiger partial charge in [-0.3, -0.25) is 9.78 Å². The molecule has 2 aromatic heterocycles. The number of carbonyl (C=O) groups is 1. The molecule has 1 saturated carbocycles. The van der Waals surface area contributed by atoms with E-state index >= 15 is 0 Å². The Balaban J connectivity index is 1.20. The first-order valence-electron chi connectivity index (χ1n) is 10.2. The molecular weight excluding hydrogens is 358 g/mol. The molecule has 1 atom stereocenters. The van der Waals surface area contributed by atoms with Gasteiger partial charge in [0, 0.05) is 44.4 Å². The Morgan fingerprint density at radius 3 is 2.82 bits per heavy atom. The molecule has 4 heterocycles. The van der Waals surface area contributed by atoms with E-state index in [2.05, 4.69) is 20.1 Å². The van der Waals surface area contributed by atoms with Crippen molar-refractivity contribution in [2.24, 2.45) is 11.8 Å². The van der Waals surface area contributed by atoms with Crippen LogP contribution in [0.4, 0.5) is 0 Å². The van der Waals surface area contributed by atoms with E-state index < -0.39 is 0 Å². The lowest BCUT2D eigenvalue weighted by Crippen LogP contribution is -2.51. The van der Waals surface area contributed by atoms with E-state index in [9.17, 15) is 4.79 Å². The zero-order valence-corrected chi connectivity index (χ0v) is 15.9. The van der Waals surface area contributed by atoms with Crippen LogP contribution in [-0.2, 0) is 16.0 Å². The van der Waals surface area contributed by atoms with Gasteiger partial charge >= 0.3 is 0 Å². The lowest BCUT2D eigenvalue weighted by atomic mass is 9.78. The quantitative estimate of drug-likeness (QED) is 0.799. The fourth-order valence-corrected chi connectivity index (χ4v) is 4.48. The van der Waals surface area contributed by atoms with Crippen molar-refractivity contribution in [2.75, 3.05) is 19.7 Å². The molecule has 2 saturated heterocycles. The van der Waals surface area contributed by atoms with E-state index in [4.69, 9.17) is 9.26 Å². The first kappa shape index (κ1) is 17.7. The first-order chi connectivity index (χ1) is 13.7. The van der Waals surface area contributed by atoms with Gasteiger partial charge in [-0.1, -0.05) is 5.16 Å². The minimum Gasteiger partial charge on any atom is -0.375 e. The average molecular weight is 383 g/mol. The van der Waals surface area contributed by atoms with Crippen LogP contribution >= 0.6 is 0 Å². The van der Waals surface area contributed by atoms with Crippen LogP contribution in [0.5, 0.6) is 0 Å². The summed E-state index contributed by atoms with van der Waals surface area (Å²) in [5.74, 6) is 2.23. The molecule has 1 amide bonds. The third-order valence-corrected chi connectivity index (χ3v) is 6.23. The smallest absolute Gasteiger partial charge is 0.227 e. The van der Waals surface area contributed by atoms with Gasteiger partial charge in [-0.25, -0.2) is 4.98 Å². The molecule has 1 aliphatic carbocycles. The summed E-state index contributed by atoms with van der Waals surface area (Å²) >= 11 is 0. The van der Waals surface area contributed by atoms with Gasteiger partial charge in [0.05, 0.1) is 11.8 Å². The highest BCUT2D eigenvalue weighted by atomic mass is 16.5. The van der Waals surface area contributed by atoms with Crippen molar-refractivity contribution in [3.8, 4) is 11.5 Å². The predicted molar refractivity (Wildman–Crippen MR) is 99.0 cm³/mol. The topological polar surface area (TPSA) is 94.2 Å². The zero-order valence-electron chi connectivity index (χ0n) is 15.9. The Hall–Kier alpha value is -2.35. The summed E-state index contributed by atoms with van der Waals surface area (Å²) in [4.78, 5) is 27.1. The number of ether oxygens (including phenoxy) is 1. The third kappa shape index (κ3) is 3.65. The first-order valence-corrected chi connectivity index (χ1v) is 10.2. The van der Waals surface area contributed by atoms with Gasteiger partial charge in [0.15, 0.2) is 0 Å². The number of likely N-dealkylation sites (tertiary alicyclic amines) is 1. The number of hydrogen-bond donors (Lipinski definition) is 0. The van der Waals surface area contributed by atoms with E-state index in [-0.39, 0.29) is 5.60 Å². The fourth-order valence-electron chi connectivity index (χ4n) is 4.48. The van der Waals surface area contributed by atoms with E-state index in [1.807, 2.05) is 4.90 Å². The fraction of sp³-hybridized carbons (Fsp3) is 0.650. The summed E-state index contributed by atoms with van der Waals surface area (Å²) in [6.45, 7) is 2.39. The van der Waals surface area contributed by atoms with Crippen LogP contribution in [-0.4, -0.2) is 56.2 Å². The number of carbonyl (C=O) groups excluding carboxylic acids is 1. The average Bonchev–Trinajstić information content (AvgIpc) is 3.48. The minimum atomic E-state index is -0.100. The summed E-state index contributed by atoms with van der Waals surface area (Å²) in [5.41, 5.74) is 0.519. The van der Waals surface area contributed by atoms with Gasteiger partial charge in [0.1, 0.15) is 5.69 Å². The van der Waals surface area contributed by atoms with Gasteiger partial charge in [-0.2, -0.15) is 4.98 Å². The van der Waals surface area contributed by atoms with Crippen LogP contribution in [0.15, 0.2) is 23.1 Å². The van der Waals surface area contributed by atoms with Gasteiger partial charge in [0.2, 0.25) is 17.6 Å². The van der Waals surface area contributed by atoms with Gasteiger partial charge in [-0.05, 0) is 44.4 Å². The molecular formula is C20H25N5O3. The number of hydrogen-bond acceptors (Lipinski definition) is 7. The molecule has 0 radical (unpaired) electrons. The van der Waals surface area contributed by atoms with Crippen LogP contribution in [0, 0.1) is 11.8 Å². The normalized spacial score (nSPS) is 24.4. The van der Waals surface area contributed by atoms with Crippen LogP contribution in [0.1, 0.15) is 44.4 Å². The molecule has 28 heavy (non-hydrogen) atoms. The molecule has 2 aliphatic heterocycles. The molecule has 5 rings (SSSR count). The van der Waals surface area contributed by atoms with E-state index in [1.54, 1.807) is 18.6 Å². The van der Waals surface area contributed by atoms with Crippen molar-refractivity contribution in [1.29, 1.82) is 0 Å². The van der Waals surface area contributed by atoms with Crippen molar-refractivity contribution in [1.82, 2.24) is 25.0 Å². The standard InChI is InChI=1S/C20H25N5O3/c26-19(15-1-2-15)25-8-4-20(5-9-25)12-14(3-10-27-20)11-17-23-18(24-28-17)16-13-21-6-7-22-16/h6-7,13-15H,1-5,8-12H2. The SMILES string of the molecule is O=C(C1CC1)N1CCC2(CC1)CC(Cc1nc(-c3cnccn3)no1)CCO2. The van der Waals surface area contributed by atoms with Crippen molar-refractivity contribution in [2.45, 2.75) is 50.5 Å². The molecule has 8 heteroatoms. The lowest BCUT2D eigenvalue weighted by molar-refractivity contribution is -0.148. The predicted octanol–water partition coefficient (Wildman–Crippen LogP) is 2.27. The molecule has 2 aromatic rings. The highest BCUT2D eigenvalue weighted by molar-refractivity contribution is 5.81. The Labute approximate surface area is 163 Å². The molecule has 3 aliphatic rings. The Morgan fingerprint density at radius 1 is 1.21 bits per heavy atom. The Bertz CT molecular complexity index is 827. The number of rotatable bonds is 4. The second-order valence-corrected chi connectivity index (χ2v) is 8.30. The van der Waals surface area contributed by atoms with Crippen molar-refractivity contribution in [3.05, 3.63) is 24.5 Å². The highest BCUT2D eigenvalue weighted by Crippen LogP contribution is 2.40. The summed E-state index contributed by atoms with van der Waals surface area (Å²) in [7, 11) is 0. The summed E-state index contributed by atoms with van der Waals surface area (Å²) in [6, 6.07) is 0. The van der Waals surface area contributed by atoms with Crippen LogP contribution in [0.2, 0.25) is 0 Å². The van der Waals surface area contributed by atoms with E-state index in [1.165, 1.54) is 0 Å². The summed E-state index contributed by atoms with van der Waals surface area (Å²) in [5, 5.41) is 4.04. The van der Waals surface area contributed by atoms with Crippen molar-refractivity contribution < 1.29 is 14.1 Å². The maximum absolute atomic E-state index is 12.3. The van der Waals surface area contributed by atoms with E-state index in [0.29, 0.717) is 35.2 Å².